The van der Waals surface area contributed by atoms with Crippen LogP contribution in [0.5, 0.6) is 5.75 Å². The van der Waals surface area contributed by atoms with Gasteiger partial charge in [0.25, 0.3) is 11.7 Å². The molecule has 0 bridgehead atoms. The van der Waals surface area contributed by atoms with Gasteiger partial charge in [-0.3, -0.25) is 14.5 Å². The topological polar surface area (TPSA) is 90.3 Å². The van der Waals surface area contributed by atoms with E-state index in [0.717, 1.165) is 13.1 Å². The van der Waals surface area contributed by atoms with E-state index in [1.165, 1.54) is 35.2 Å². The molecule has 0 radical (unpaired) electrons. The first-order valence-corrected chi connectivity index (χ1v) is 11.5. The third kappa shape index (κ3) is 4.80. The number of carbonyl (C=O) groups is 2. The number of morpholine rings is 1. The largest absolute Gasteiger partial charge is 0.507 e. The number of amides is 1. The van der Waals surface area contributed by atoms with E-state index in [9.17, 15) is 24.2 Å². The Labute approximate surface area is 199 Å². The molecule has 2 saturated heterocycles. The molecule has 1 atom stereocenters. The number of halogens is 2. The van der Waals surface area contributed by atoms with Gasteiger partial charge >= 0.3 is 0 Å². The molecule has 2 N–H and O–H groups in total. The van der Waals surface area contributed by atoms with Crippen LogP contribution in [0.2, 0.25) is 0 Å². The minimum absolute atomic E-state index is 0.0166. The smallest absolute Gasteiger partial charge is 0.295 e. The van der Waals surface area contributed by atoms with E-state index in [-0.39, 0.29) is 29.0 Å². The van der Waals surface area contributed by atoms with Gasteiger partial charge in [-0.2, -0.15) is 0 Å². The predicted octanol–water partition coefficient (Wildman–Crippen LogP) is 3.44. The van der Waals surface area contributed by atoms with Crippen LogP contribution in [0.1, 0.15) is 23.6 Å². The second kappa shape index (κ2) is 10.0. The summed E-state index contributed by atoms with van der Waals surface area (Å²) in [5.41, 5.74) is -0.152. The van der Waals surface area contributed by atoms with Crippen molar-refractivity contribution in [1.82, 2.24) is 9.80 Å². The number of nitrogens with zero attached hydrogens (tertiary/aromatic N) is 2. The van der Waals surface area contributed by atoms with Crippen LogP contribution in [-0.2, 0) is 14.3 Å². The van der Waals surface area contributed by atoms with E-state index in [2.05, 4.69) is 20.8 Å². The van der Waals surface area contributed by atoms with Crippen LogP contribution in [0.15, 0.2) is 52.5 Å². The molecule has 2 aromatic rings. The first-order valence-electron chi connectivity index (χ1n) is 10.7. The minimum atomic E-state index is -1.10. The van der Waals surface area contributed by atoms with Crippen LogP contribution in [0.4, 0.5) is 4.39 Å². The van der Waals surface area contributed by atoms with Crippen molar-refractivity contribution in [3.8, 4) is 5.75 Å². The highest BCUT2D eigenvalue weighted by atomic mass is 79.9. The summed E-state index contributed by atoms with van der Waals surface area (Å²) in [5, 5.41) is 21.3. The molecule has 0 aromatic heterocycles. The molecule has 0 spiro atoms. The fraction of sp³-hybridized carbons (Fsp3) is 0.333. The van der Waals surface area contributed by atoms with Gasteiger partial charge < -0.3 is 19.8 Å². The van der Waals surface area contributed by atoms with Crippen LogP contribution in [-0.4, -0.2) is 71.1 Å². The van der Waals surface area contributed by atoms with E-state index < -0.39 is 29.3 Å². The van der Waals surface area contributed by atoms with Crippen molar-refractivity contribution in [3.63, 3.8) is 0 Å². The minimum Gasteiger partial charge on any atom is -0.507 e. The molecule has 33 heavy (non-hydrogen) atoms. The second-order valence-electron chi connectivity index (χ2n) is 7.98. The van der Waals surface area contributed by atoms with Crippen molar-refractivity contribution in [1.29, 1.82) is 0 Å². The predicted molar refractivity (Wildman–Crippen MR) is 123 cm³/mol. The monoisotopic (exact) mass is 518 g/mol. The summed E-state index contributed by atoms with van der Waals surface area (Å²) < 4.78 is 20.7. The molecule has 2 heterocycles. The summed E-state index contributed by atoms with van der Waals surface area (Å²) in [6, 6.07) is 9.14. The zero-order valence-corrected chi connectivity index (χ0v) is 19.4. The quantitative estimate of drug-likeness (QED) is 0.346. The molecule has 2 aromatic carbocycles. The van der Waals surface area contributed by atoms with Crippen molar-refractivity contribution in [3.05, 3.63) is 69.5 Å². The summed E-state index contributed by atoms with van der Waals surface area (Å²) in [7, 11) is 0. The van der Waals surface area contributed by atoms with Crippen molar-refractivity contribution in [2.75, 3.05) is 39.4 Å². The van der Waals surface area contributed by atoms with E-state index in [1.807, 2.05) is 0 Å². The SMILES string of the molecule is O=C1C(=O)N(CCCN2CCOCC2)C(c2ccccc2F)C1=C(O)c1cc(Br)ccc1O. The van der Waals surface area contributed by atoms with Crippen LogP contribution in [0, 0.1) is 5.82 Å². The molecule has 174 valence electrons. The number of hydrogen-bond acceptors (Lipinski definition) is 6. The zero-order valence-electron chi connectivity index (χ0n) is 17.8. The van der Waals surface area contributed by atoms with Crippen LogP contribution in [0.3, 0.4) is 0 Å². The summed E-state index contributed by atoms with van der Waals surface area (Å²) in [6.45, 7) is 3.78. The number of phenolic OH excluding ortho intramolecular Hbond substituents is 1. The highest BCUT2D eigenvalue weighted by Crippen LogP contribution is 2.42. The number of ether oxygens (including phenoxy) is 1. The summed E-state index contributed by atoms with van der Waals surface area (Å²) in [5.74, 6) is -3.11. The van der Waals surface area contributed by atoms with Gasteiger partial charge in [-0.25, -0.2) is 4.39 Å². The normalized spacial score (nSPS) is 21.0. The maximum Gasteiger partial charge on any atom is 0.295 e. The number of aromatic hydroxyl groups is 1. The average Bonchev–Trinajstić information content (AvgIpc) is 3.06. The Morgan fingerprint density at radius 2 is 1.85 bits per heavy atom. The fourth-order valence-corrected chi connectivity index (χ4v) is 4.62. The van der Waals surface area contributed by atoms with Crippen molar-refractivity contribution in [2.45, 2.75) is 12.5 Å². The standard InChI is InChI=1S/C24H24BrFN2O5/c25-15-6-7-19(29)17(14-15)22(30)20-21(16-4-1-2-5-18(16)26)28(24(32)23(20)31)9-3-8-27-10-12-33-13-11-27/h1-2,4-7,14,21,29-30H,3,8-13H2. The molecule has 1 amide bonds. The highest BCUT2D eigenvalue weighted by molar-refractivity contribution is 9.10. The Morgan fingerprint density at radius 3 is 2.58 bits per heavy atom. The van der Waals surface area contributed by atoms with Gasteiger partial charge in [0.1, 0.15) is 17.3 Å². The lowest BCUT2D eigenvalue weighted by atomic mass is 9.94. The van der Waals surface area contributed by atoms with Crippen LogP contribution in [0.25, 0.3) is 5.76 Å². The first-order chi connectivity index (χ1) is 15.9. The summed E-state index contributed by atoms with van der Waals surface area (Å²) >= 11 is 3.28. The zero-order chi connectivity index (χ0) is 23.5. The third-order valence-corrected chi connectivity index (χ3v) is 6.42. The van der Waals surface area contributed by atoms with Gasteiger partial charge in [0, 0.05) is 36.2 Å². The van der Waals surface area contributed by atoms with Gasteiger partial charge in [0.15, 0.2) is 0 Å². The lowest BCUT2D eigenvalue weighted by molar-refractivity contribution is -0.140. The molecule has 1 unspecified atom stereocenters. The lowest BCUT2D eigenvalue weighted by Crippen LogP contribution is -2.39. The maximum atomic E-state index is 14.8. The molecule has 0 saturated carbocycles. The van der Waals surface area contributed by atoms with Gasteiger partial charge in [0.05, 0.1) is 30.4 Å². The van der Waals surface area contributed by atoms with Gasteiger partial charge in [0.2, 0.25) is 0 Å². The van der Waals surface area contributed by atoms with Crippen molar-refractivity contribution < 1.29 is 28.9 Å². The molecule has 7 nitrogen and oxygen atoms in total. The number of phenols is 1. The molecule has 2 aliphatic rings. The van der Waals surface area contributed by atoms with E-state index in [4.69, 9.17) is 4.74 Å². The van der Waals surface area contributed by atoms with E-state index >= 15 is 0 Å². The Bertz CT molecular complexity index is 1100. The van der Waals surface area contributed by atoms with Crippen LogP contribution < -0.4 is 0 Å². The van der Waals surface area contributed by atoms with Crippen LogP contribution >= 0.6 is 15.9 Å². The molecular weight excluding hydrogens is 495 g/mol. The Balaban J connectivity index is 1.72. The number of likely N-dealkylation sites (tertiary alicyclic amines) is 1. The summed E-state index contributed by atoms with van der Waals surface area (Å²) in [4.78, 5) is 29.5. The Kier molecular flexibility index (Phi) is 7.11. The van der Waals surface area contributed by atoms with Gasteiger partial charge in [-0.1, -0.05) is 34.1 Å². The molecule has 0 aliphatic carbocycles. The van der Waals surface area contributed by atoms with Crippen molar-refractivity contribution in [2.24, 2.45) is 0 Å². The summed E-state index contributed by atoms with van der Waals surface area (Å²) in [6.07, 6.45) is 0.570. The third-order valence-electron chi connectivity index (χ3n) is 5.93. The highest BCUT2D eigenvalue weighted by Gasteiger charge is 2.47. The number of hydrogen-bond donors (Lipinski definition) is 2. The van der Waals surface area contributed by atoms with Crippen molar-refractivity contribution >= 4 is 33.4 Å². The number of benzene rings is 2. The number of aliphatic hydroxyl groups is 1. The Hall–Kier alpha value is -2.75. The maximum absolute atomic E-state index is 14.8. The number of carbonyl (C=O) groups excluding carboxylic acids is 2. The first kappa shape index (κ1) is 23.4. The number of Topliss-reactive ketones (excluding diaryl/α,β-unsaturated/α-hetero) is 1. The molecule has 4 rings (SSSR count). The molecular formula is C24H24BrFN2O5. The fourth-order valence-electron chi connectivity index (χ4n) is 4.26. The Morgan fingerprint density at radius 1 is 1.12 bits per heavy atom. The number of aliphatic hydroxyl groups excluding tert-OH is 1. The van der Waals surface area contributed by atoms with E-state index in [1.54, 1.807) is 12.1 Å². The average molecular weight is 519 g/mol. The van der Waals surface area contributed by atoms with Gasteiger partial charge in [-0.15, -0.1) is 0 Å². The van der Waals surface area contributed by atoms with E-state index in [0.29, 0.717) is 30.7 Å². The number of ketones is 1. The molecule has 2 fully saturated rings. The molecule has 2 aliphatic heterocycles. The van der Waals surface area contributed by atoms with Gasteiger partial charge in [-0.05, 0) is 30.7 Å². The second-order valence-corrected chi connectivity index (χ2v) is 8.90. The molecule has 9 heteroatoms. The lowest BCUT2D eigenvalue weighted by Gasteiger charge is -2.29. The number of rotatable bonds is 6.